The molecule has 3 N–H and O–H groups in total. The summed E-state index contributed by atoms with van der Waals surface area (Å²) in [6.07, 6.45) is 3.61. The number of H-pyrrole nitrogens is 2. The van der Waals surface area contributed by atoms with E-state index >= 15 is 0 Å². The molecule has 7 heteroatoms. The molecule has 0 aliphatic heterocycles. The second-order valence-corrected chi connectivity index (χ2v) is 6.67. The highest BCUT2D eigenvalue weighted by Crippen LogP contribution is 2.29. The summed E-state index contributed by atoms with van der Waals surface area (Å²) in [5.41, 5.74) is 4.48. The standard InChI is InChI=1S/C11H10ClNO2.C10H9NO2/c1-6-5-8(11(14)15-2)9(12)7-3-4-13-10(6)7;1-6-7-4-5-11-9(7)3-2-8(6)10(12)13/h3-5,13H,1-2H3;2-5,11H,1H3,(H,12,13). The van der Waals surface area contributed by atoms with Gasteiger partial charge in [-0.1, -0.05) is 11.6 Å². The summed E-state index contributed by atoms with van der Waals surface area (Å²) in [6.45, 7) is 3.74. The molecule has 2 heterocycles. The van der Waals surface area contributed by atoms with Gasteiger partial charge in [0.25, 0.3) is 0 Å². The number of hydrogen-bond donors (Lipinski definition) is 3. The van der Waals surface area contributed by atoms with E-state index < -0.39 is 11.9 Å². The van der Waals surface area contributed by atoms with E-state index in [0.29, 0.717) is 16.1 Å². The van der Waals surface area contributed by atoms with Gasteiger partial charge in [0, 0.05) is 34.2 Å². The summed E-state index contributed by atoms with van der Waals surface area (Å²) in [5, 5.41) is 11.1. The second-order valence-electron chi connectivity index (χ2n) is 6.30. The molecule has 0 saturated carbocycles. The topological polar surface area (TPSA) is 95.2 Å². The van der Waals surface area contributed by atoms with Crippen LogP contribution in [0.3, 0.4) is 0 Å². The number of hydrogen-bond acceptors (Lipinski definition) is 3. The maximum atomic E-state index is 11.4. The number of rotatable bonds is 2. The van der Waals surface area contributed by atoms with Gasteiger partial charge in [0.2, 0.25) is 0 Å². The lowest BCUT2D eigenvalue weighted by Gasteiger charge is -2.05. The minimum Gasteiger partial charge on any atom is -0.478 e. The first kappa shape index (κ1) is 19.5. The fraction of sp³-hybridized carbons (Fsp3) is 0.143. The molecule has 0 unspecified atom stereocenters. The molecule has 2 aromatic heterocycles. The van der Waals surface area contributed by atoms with Gasteiger partial charge in [-0.05, 0) is 55.3 Å². The first-order valence-corrected chi connectivity index (χ1v) is 8.87. The summed E-state index contributed by atoms with van der Waals surface area (Å²) < 4.78 is 4.66. The normalized spacial score (nSPS) is 10.6. The van der Waals surface area contributed by atoms with Crippen LogP contribution < -0.4 is 0 Å². The van der Waals surface area contributed by atoms with Gasteiger partial charge in [-0.25, -0.2) is 9.59 Å². The molecule has 0 amide bonds. The molecule has 0 atom stereocenters. The van der Waals surface area contributed by atoms with Crippen LogP contribution in [0.15, 0.2) is 42.7 Å². The number of carboxylic acid groups (broad SMARTS) is 1. The molecule has 0 saturated heterocycles. The Morgan fingerprint density at radius 3 is 2.36 bits per heavy atom. The minimum atomic E-state index is -0.874. The van der Waals surface area contributed by atoms with Gasteiger partial charge in [-0.15, -0.1) is 0 Å². The highest BCUT2D eigenvalue weighted by atomic mass is 35.5. The monoisotopic (exact) mass is 398 g/mol. The number of fused-ring (bicyclic) bond motifs is 2. The average Bonchev–Trinajstić information content (AvgIpc) is 3.34. The van der Waals surface area contributed by atoms with Crippen LogP contribution in [-0.2, 0) is 4.74 Å². The van der Waals surface area contributed by atoms with Crippen LogP contribution in [0.1, 0.15) is 31.8 Å². The molecule has 6 nitrogen and oxygen atoms in total. The molecular weight excluding hydrogens is 380 g/mol. The SMILES string of the molecule is COC(=O)c1cc(C)c2[nH]ccc2c1Cl.Cc1c(C(=O)O)ccc2[nH]ccc12. The van der Waals surface area contributed by atoms with Crippen molar-refractivity contribution in [2.45, 2.75) is 13.8 Å². The van der Waals surface area contributed by atoms with Crippen molar-refractivity contribution in [3.63, 3.8) is 0 Å². The highest BCUT2D eigenvalue weighted by Gasteiger charge is 2.15. The first-order valence-electron chi connectivity index (χ1n) is 8.49. The van der Waals surface area contributed by atoms with Gasteiger partial charge in [-0.2, -0.15) is 0 Å². The van der Waals surface area contributed by atoms with Crippen LogP contribution >= 0.6 is 11.6 Å². The number of ether oxygens (including phenoxy) is 1. The number of halogens is 1. The smallest absolute Gasteiger partial charge is 0.339 e. The maximum Gasteiger partial charge on any atom is 0.339 e. The molecule has 0 spiro atoms. The number of aromatic carboxylic acids is 1. The van der Waals surface area contributed by atoms with Crippen LogP contribution in [0.2, 0.25) is 5.02 Å². The van der Waals surface area contributed by atoms with Crippen molar-refractivity contribution < 1.29 is 19.4 Å². The zero-order chi connectivity index (χ0) is 20.4. The van der Waals surface area contributed by atoms with Gasteiger partial charge >= 0.3 is 11.9 Å². The number of carbonyl (C=O) groups is 2. The second kappa shape index (κ2) is 7.78. The molecule has 0 fully saturated rings. The van der Waals surface area contributed by atoms with Crippen molar-refractivity contribution in [2.75, 3.05) is 7.11 Å². The summed E-state index contributed by atoms with van der Waals surface area (Å²) in [5.74, 6) is -1.29. The van der Waals surface area contributed by atoms with E-state index in [9.17, 15) is 9.59 Å². The Labute approximate surface area is 166 Å². The Morgan fingerprint density at radius 2 is 1.68 bits per heavy atom. The first-order chi connectivity index (χ1) is 13.3. The fourth-order valence-electron chi connectivity index (χ4n) is 3.15. The van der Waals surface area contributed by atoms with E-state index in [1.807, 2.05) is 32.2 Å². The van der Waals surface area contributed by atoms with E-state index in [1.165, 1.54) is 7.11 Å². The molecule has 0 aliphatic carbocycles. The zero-order valence-electron chi connectivity index (χ0n) is 15.6. The molecule has 144 valence electrons. The summed E-state index contributed by atoms with van der Waals surface area (Å²) >= 11 is 6.11. The van der Waals surface area contributed by atoms with Gasteiger partial charge in [0.15, 0.2) is 0 Å². The summed E-state index contributed by atoms with van der Waals surface area (Å²) in [4.78, 5) is 28.3. The number of esters is 1. The van der Waals surface area contributed by atoms with E-state index in [0.717, 1.165) is 32.9 Å². The Kier molecular flexibility index (Phi) is 5.42. The van der Waals surface area contributed by atoms with Crippen molar-refractivity contribution in [1.29, 1.82) is 0 Å². The third kappa shape index (κ3) is 3.46. The Bertz CT molecular complexity index is 1190. The van der Waals surface area contributed by atoms with Crippen molar-refractivity contribution in [1.82, 2.24) is 9.97 Å². The van der Waals surface area contributed by atoms with E-state index in [4.69, 9.17) is 16.7 Å². The number of carboxylic acids is 1. The summed E-state index contributed by atoms with van der Waals surface area (Å²) in [6, 6.07) is 8.86. The number of aromatic amines is 2. The summed E-state index contributed by atoms with van der Waals surface area (Å²) in [7, 11) is 1.34. The zero-order valence-corrected chi connectivity index (χ0v) is 16.3. The van der Waals surface area contributed by atoms with E-state index in [2.05, 4.69) is 14.7 Å². The van der Waals surface area contributed by atoms with Crippen LogP contribution in [0.4, 0.5) is 0 Å². The Balaban J connectivity index is 0.000000162. The molecule has 0 bridgehead atoms. The molecule has 0 radical (unpaired) electrons. The fourth-order valence-corrected chi connectivity index (χ4v) is 3.44. The van der Waals surface area contributed by atoms with Crippen LogP contribution in [0.5, 0.6) is 0 Å². The number of aryl methyl sites for hydroxylation is 2. The average molecular weight is 399 g/mol. The Hall–Kier alpha value is -3.25. The number of aromatic nitrogens is 2. The lowest BCUT2D eigenvalue weighted by molar-refractivity contribution is 0.0600. The number of nitrogens with one attached hydrogen (secondary N) is 2. The number of carbonyl (C=O) groups excluding carboxylic acids is 1. The lowest BCUT2D eigenvalue weighted by atomic mass is 10.1. The minimum absolute atomic E-state index is 0.368. The quantitative estimate of drug-likeness (QED) is 0.410. The number of benzene rings is 2. The van der Waals surface area contributed by atoms with Gasteiger partial charge in [0.1, 0.15) is 0 Å². The van der Waals surface area contributed by atoms with Crippen molar-refractivity contribution in [3.8, 4) is 0 Å². The van der Waals surface area contributed by atoms with Crippen molar-refractivity contribution in [2.24, 2.45) is 0 Å². The van der Waals surface area contributed by atoms with E-state index in [1.54, 1.807) is 24.4 Å². The van der Waals surface area contributed by atoms with E-state index in [-0.39, 0.29) is 0 Å². The molecule has 4 aromatic rings. The predicted octanol–water partition coefficient (Wildman–Crippen LogP) is 5.09. The largest absolute Gasteiger partial charge is 0.478 e. The van der Waals surface area contributed by atoms with Gasteiger partial charge < -0.3 is 19.8 Å². The molecule has 2 aromatic carbocycles. The third-order valence-corrected chi connectivity index (χ3v) is 5.02. The van der Waals surface area contributed by atoms with Crippen LogP contribution in [0.25, 0.3) is 21.8 Å². The molecular formula is C21H19ClN2O4. The highest BCUT2D eigenvalue weighted by molar-refractivity contribution is 6.38. The van der Waals surface area contributed by atoms with Gasteiger partial charge in [0.05, 0.1) is 23.3 Å². The molecule has 4 rings (SSSR count). The lowest BCUT2D eigenvalue weighted by Crippen LogP contribution is -2.02. The number of methoxy groups -OCH3 is 1. The molecule has 28 heavy (non-hydrogen) atoms. The van der Waals surface area contributed by atoms with Crippen LogP contribution in [0, 0.1) is 13.8 Å². The van der Waals surface area contributed by atoms with Gasteiger partial charge in [-0.3, -0.25) is 0 Å². The maximum absolute atomic E-state index is 11.4. The van der Waals surface area contributed by atoms with Crippen molar-refractivity contribution >= 4 is 45.3 Å². The Morgan fingerprint density at radius 1 is 1.00 bits per heavy atom. The predicted molar refractivity (Wildman–Crippen MR) is 109 cm³/mol. The van der Waals surface area contributed by atoms with Crippen molar-refractivity contribution in [3.05, 3.63) is 70.0 Å². The third-order valence-electron chi connectivity index (χ3n) is 4.61. The van der Waals surface area contributed by atoms with Crippen LogP contribution in [-0.4, -0.2) is 34.1 Å². The molecule has 0 aliphatic rings.